The molecule has 1 aliphatic rings. The average Bonchev–Trinajstić information content (AvgIpc) is 2.61. The van der Waals surface area contributed by atoms with Gasteiger partial charge >= 0.3 is 0 Å². The number of pyridine rings is 1. The normalized spacial score (nSPS) is 24.1. The zero-order valence-electron chi connectivity index (χ0n) is 10.5. The molecule has 0 radical (unpaired) electrons. The first-order valence-corrected chi connectivity index (χ1v) is 6.28. The fraction of sp³-hybridized carbons (Fsp3) is 0.538. The van der Waals surface area contributed by atoms with Crippen LogP contribution in [0.2, 0.25) is 0 Å². The van der Waals surface area contributed by atoms with Gasteiger partial charge in [-0.1, -0.05) is 0 Å². The number of aliphatic hydroxyl groups excluding tert-OH is 1. The molecule has 104 valence electrons. The zero-order chi connectivity index (χ0) is 13.9. The van der Waals surface area contributed by atoms with Gasteiger partial charge in [-0.2, -0.15) is 0 Å². The van der Waals surface area contributed by atoms with Crippen molar-refractivity contribution in [1.29, 1.82) is 0 Å². The summed E-state index contributed by atoms with van der Waals surface area (Å²) in [6.07, 6.45) is 3.69. The van der Waals surface area contributed by atoms with Crippen molar-refractivity contribution >= 4 is 5.91 Å². The van der Waals surface area contributed by atoms with Gasteiger partial charge in [0.2, 0.25) is 0 Å². The second-order valence-electron chi connectivity index (χ2n) is 4.88. The quantitative estimate of drug-likeness (QED) is 0.822. The molecule has 1 unspecified atom stereocenters. The Hall–Kier alpha value is -1.53. The lowest BCUT2D eigenvalue weighted by molar-refractivity contribution is -0.0250. The Kier molecular flexibility index (Phi) is 4.11. The molecule has 1 atom stereocenters. The monoisotopic (exact) mass is 268 g/mol. The maximum absolute atomic E-state index is 13.5. The van der Waals surface area contributed by atoms with Crippen LogP contribution in [0.1, 0.15) is 29.6 Å². The van der Waals surface area contributed by atoms with Crippen molar-refractivity contribution in [1.82, 2.24) is 9.88 Å². The van der Waals surface area contributed by atoms with Gasteiger partial charge in [0.1, 0.15) is 0 Å². The molecule has 6 heteroatoms. The number of hydrogen-bond donors (Lipinski definition) is 2. The first kappa shape index (κ1) is 13.9. The van der Waals surface area contributed by atoms with Gasteiger partial charge in [-0.25, -0.2) is 4.39 Å². The van der Waals surface area contributed by atoms with Crippen molar-refractivity contribution in [2.45, 2.75) is 24.9 Å². The number of amides is 1. The Morgan fingerprint density at radius 1 is 1.47 bits per heavy atom. The van der Waals surface area contributed by atoms with Crippen molar-refractivity contribution in [3.63, 3.8) is 0 Å². The summed E-state index contributed by atoms with van der Waals surface area (Å²) in [5.41, 5.74) is -1.14. The summed E-state index contributed by atoms with van der Waals surface area (Å²) >= 11 is 0. The third kappa shape index (κ3) is 3.08. The molecule has 0 aromatic carbocycles. The number of aromatic nitrogens is 1. The molecule has 5 nitrogen and oxygen atoms in total. The van der Waals surface area contributed by atoms with E-state index in [0.29, 0.717) is 32.4 Å². The van der Waals surface area contributed by atoms with Crippen LogP contribution in [0.5, 0.6) is 0 Å². The highest BCUT2D eigenvalue weighted by atomic mass is 19.1. The van der Waals surface area contributed by atoms with E-state index in [1.54, 1.807) is 0 Å². The molecule has 0 spiro atoms. The highest BCUT2D eigenvalue weighted by molar-refractivity contribution is 5.94. The van der Waals surface area contributed by atoms with E-state index >= 15 is 0 Å². The zero-order valence-corrected chi connectivity index (χ0v) is 10.5. The van der Waals surface area contributed by atoms with Gasteiger partial charge in [-0.15, -0.1) is 0 Å². The number of aliphatic hydroxyl groups is 2. The second-order valence-corrected chi connectivity index (χ2v) is 4.88. The Morgan fingerprint density at radius 2 is 2.26 bits per heavy atom. The lowest BCUT2D eigenvalue weighted by Gasteiger charge is -2.24. The summed E-state index contributed by atoms with van der Waals surface area (Å²) in [4.78, 5) is 17.3. The lowest BCUT2D eigenvalue weighted by atomic mass is 9.96. The van der Waals surface area contributed by atoms with Crippen LogP contribution in [-0.4, -0.2) is 51.3 Å². The fourth-order valence-electron chi connectivity index (χ4n) is 2.26. The SMILES string of the molecule is O=C(c1ccncc1F)N1CCCC(O)(CO)CC1. The molecule has 1 fully saturated rings. The molecule has 2 heterocycles. The van der Waals surface area contributed by atoms with Gasteiger partial charge in [-0.3, -0.25) is 9.78 Å². The maximum Gasteiger partial charge on any atom is 0.256 e. The third-order valence-corrected chi connectivity index (χ3v) is 3.50. The van der Waals surface area contributed by atoms with Crippen LogP contribution in [0.25, 0.3) is 0 Å². The molecule has 0 saturated carbocycles. The largest absolute Gasteiger partial charge is 0.393 e. The second kappa shape index (κ2) is 5.63. The third-order valence-electron chi connectivity index (χ3n) is 3.50. The van der Waals surface area contributed by atoms with Crippen molar-refractivity contribution in [3.05, 3.63) is 29.8 Å². The average molecular weight is 268 g/mol. The van der Waals surface area contributed by atoms with Gasteiger partial charge in [0.15, 0.2) is 5.82 Å². The van der Waals surface area contributed by atoms with Crippen molar-refractivity contribution < 1.29 is 19.4 Å². The van der Waals surface area contributed by atoms with Crippen molar-refractivity contribution in [2.24, 2.45) is 0 Å². The number of likely N-dealkylation sites (tertiary alicyclic amines) is 1. The molecule has 2 rings (SSSR count). The fourth-order valence-corrected chi connectivity index (χ4v) is 2.26. The van der Waals surface area contributed by atoms with E-state index in [9.17, 15) is 14.3 Å². The lowest BCUT2D eigenvalue weighted by Crippen LogP contribution is -2.36. The first-order valence-electron chi connectivity index (χ1n) is 6.28. The van der Waals surface area contributed by atoms with E-state index in [0.717, 1.165) is 6.20 Å². The summed E-state index contributed by atoms with van der Waals surface area (Å²) in [6.45, 7) is 0.430. The van der Waals surface area contributed by atoms with Gasteiger partial charge in [0.25, 0.3) is 5.91 Å². The van der Waals surface area contributed by atoms with Crippen LogP contribution in [0, 0.1) is 5.82 Å². The number of halogens is 1. The van der Waals surface area contributed by atoms with Gasteiger partial charge in [0, 0.05) is 19.3 Å². The molecular weight excluding hydrogens is 251 g/mol. The molecule has 19 heavy (non-hydrogen) atoms. The summed E-state index contributed by atoms with van der Waals surface area (Å²) in [7, 11) is 0. The van der Waals surface area contributed by atoms with E-state index in [1.807, 2.05) is 0 Å². The minimum Gasteiger partial charge on any atom is -0.393 e. The minimum atomic E-state index is -1.13. The highest BCUT2D eigenvalue weighted by Gasteiger charge is 2.31. The minimum absolute atomic E-state index is 0.00978. The Morgan fingerprint density at radius 3 is 2.95 bits per heavy atom. The molecule has 1 aliphatic heterocycles. The molecular formula is C13H17FN2O3. The molecule has 1 amide bonds. The summed E-state index contributed by atoms with van der Waals surface area (Å²) in [6, 6.07) is 1.35. The van der Waals surface area contributed by atoms with E-state index in [4.69, 9.17) is 5.11 Å². The topological polar surface area (TPSA) is 73.7 Å². The van der Waals surface area contributed by atoms with Crippen molar-refractivity contribution in [3.8, 4) is 0 Å². The smallest absolute Gasteiger partial charge is 0.256 e. The van der Waals surface area contributed by atoms with Crippen LogP contribution in [-0.2, 0) is 0 Å². The molecule has 2 N–H and O–H groups in total. The highest BCUT2D eigenvalue weighted by Crippen LogP contribution is 2.23. The summed E-state index contributed by atoms with van der Waals surface area (Å²) < 4.78 is 13.5. The van der Waals surface area contributed by atoms with E-state index in [2.05, 4.69) is 4.98 Å². The van der Waals surface area contributed by atoms with Crippen LogP contribution in [0.3, 0.4) is 0 Å². The maximum atomic E-state index is 13.5. The van der Waals surface area contributed by atoms with E-state index < -0.39 is 17.3 Å². The van der Waals surface area contributed by atoms with E-state index in [1.165, 1.54) is 17.2 Å². The number of carbonyl (C=O) groups excluding carboxylic acids is 1. The molecule has 0 aliphatic carbocycles. The van der Waals surface area contributed by atoms with Gasteiger partial charge in [0.05, 0.1) is 24.0 Å². The number of nitrogens with zero attached hydrogens (tertiary/aromatic N) is 2. The van der Waals surface area contributed by atoms with Gasteiger partial charge < -0.3 is 15.1 Å². The summed E-state index contributed by atoms with van der Waals surface area (Å²) in [5, 5.41) is 19.2. The van der Waals surface area contributed by atoms with E-state index in [-0.39, 0.29) is 12.2 Å². The summed E-state index contributed by atoms with van der Waals surface area (Å²) in [5.74, 6) is -1.05. The van der Waals surface area contributed by atoms with Crippen LogP contribution < -0.4 is 0 Å². The predicted molar refractivity (Wildman–Crippen MR) is 66.0 cm³/mol. The molecule has 1 aromatic heterocycles. The van der Waals surface area contributed by atoms with Gasteiger partial charge in [-0.05, 0) is 25.3 Å². The Balaban J connectivity index is 2.11. The number of rotatable bonds is 2. The Bertz CT molecular complexity index is 469. The molecule has 0 bridgehead atoms. The molecule has 1 aromatic rings. The standard InChI is InChI=1S/C13H17FN2O3/c14-11-8-15-5-2-10(11)12(18)16-6-1-3-13(19,9-17)4-7-16/h2,5,8,17,19H,1,3-4,6-7,9H2. The van der Waals surface area contributed by atoms with Crippen LogP contribution in [0.4, 0.5) is 4.39 Å². The molecule has 1 saturated heterocycles. The van der Waals surface area contributed by atoms with Crippen LogP contribution in [0.15, 0.2) is 18.5 Å². The predicted octanol–water partition coefficient (Wildman–Crippen LogP) is 0.570. The number of hydrogen-bond acceptors (Lipinski definition) is 4. The Labute approximate surface area is 110 Å². The number of carbonyl (C=O) groups is 1. The van der Waals surface area contributed by atoms with Crippen LogP contribution >= 0.6 is 0 Å². The first-order chi connectivity index (χ1) is 9.06. The van der Waals surface area contributed by atoms with Crippen molar-refractivity contribution in [2.75, 3.05) is 19.7 Å².